The Hall–Kier alpha value is -0.630. The number of nitrogens with one attached hydrogen (secondary N) is 1. The van der Waals surface area contributed by atoms with Gasteiger partial charge in [0.05, 0.1) is 11.7 Å². The molecule has 0 saturated heterocycles. The zero-order chi connectivity index (χ0) is 12.3. The van der Waals surface area contributed by atoms with Crippen LogP contribution in [0.25, 0.3) is 0 Å². The zero-order valence-corrected chi connectivity index (χ0v) is 10.4. The van der Waals surface area contributed by atoms with Crippen LogP contribution in [0.15, 0.2) is 4.60 Å². The van der Waals surface area contributed by atoms with E-state index in [4.69, 9.17) is 0 Å². The summed E-state index contributed by atoms with van der Waals surface area (Å²) in [6.07, 6.45) is -5.02. The van der Waals surface area contributed by atoms with Gasteiger partial charge in [-0.05, 0) is 29.4 Å². The van der Waals surface area contributed by atoms with Crippen molar-refractivity contribution in [3.05, 3.63) is 10.3 Å². The Kier molecular flexibility index (Phi) is 4.31. The molecule has 0 amide bonds. The Morgan fingerprint density at radius 3 is 2.50 bits per heavy atom. The van der Waals surface area contributed by atoms with Crippen LogP contribution in [0.5, 0.6) is 0 Å². The van der Waals surface area contributed by atoms with E-state index in [0.29, 0.717) is 10.3 Å². The number of hydrogen-bond donors (Lipinski definition) is 1. The van der Waals surface area contributed by atoms with E-state index in [1.54, 1.807) is 14.1 Å². The minimum absolute atomic E-state index is 0.0419. The van der Waals surface area contributed by atoms with Crippen molar-refractivity contribution in [2.45, 2.75) is 25.1 Å². The van der Waals surface area contributed by atoms with Crippen LogP contribution in [0.3, 0.4) is 0 Å². The Bertz CT molecular complexity index is 330. The molecule has 0 aromatic carbocycles. The minimum atomic E-state index is -4.15. The molecule has 0 aliphatic rings. The van der Waals surface area contributed by atoms with Gasteiger partial charge in [0.25, 0.3) is 0 Å². The smallest absolute Gasteiger partial charge is 0.312 e. The van der Waals surface area contributed by atoms with Crippen molar-refractivity contribution >= 4 is 15.9 Å². The van der Waals surface area contributed by atoms with Gasteiger partial charge in [-0.3, -0.25) is 0 Å². The second kappa shape index (κ2) is 5.13. The van der Waals surface area contributed by atoms with Gasteiger partial charge in [0.1, 0.15) is 0 Å². The van der Waals surface area contributed by atoms with Crippen LogP contribution >= 0.6 is 15.9 Å². The van der Waals surface area contributed by atoms with Gasteiger partial charge in [0.15, 0.2) is 4.60 Å². The van der Waals surface area contributed by atoms with Gasteiger partial charge in [-0.1, -0.05) is 5.21 Å². The van der Waals surface area contributed by atoms with Gasteiger partial charge in [-0.15, -0.1) is 5.10 Å². The molecule has 0 spiro atoms. The molecular weight excluding hydrogens is 289 g/mol. The lowest BCUT2D eigenvalue weighted by Crippen LogP contribution is -2.22. The van der Waals surface area contributed by atoms with Gasteiger partial charge in [0, 0.05) is 13.5 Å². The molecule has 92 valence electrons. The first-order chi connectivity index (χ1) is 7.35. The second-order valence-electron chi connectivity index (χ2n) is 3.38. The Morgan fingerprint density at radius 1 is 1.50 bits per heavy atom. The lowest BCUT2D eigenvalue weighted by molar-refractivity contribution is -0.136. The van der Waals surface area contributed by atoms with Crippen LogP contribution in [0.4, 0.5) is 13.2 Å². The number of nitrogens with zero attached hydrogens (tertiary/aromatic N) is 3. The predicted molar refractivity (Wildman–Crippen MR) is 55.8 cm³/mol. The van der Waals surface area contributed by atoms with Crippen molar-refractivity contribution in [1.82, 2.24) is 20.3 Å². The molecule has 0 aliphatic carbocycles. The number of rotatable bonds is 4. The number of aromatic nitrogens is 3. The van der Waals surface area contributed by atoms with Crippen LogP contribution in [-0.4, -0.2) is 28.2 Å². The fourth-order valence-electron chi connectivity index (χ4n) is 1.43. The predicted octanol–water partition coefficient (Wildman–Crippen LogP) is 2.18. The highest BCUT2D eigenvalue weighted by molar-refractivity contribution is 9.10. The first kappa shape index (κ1) is 13.4. The van der Waals surface area contributed by atoms with Crippen LogP contribution in [-0.2, 0) is 7.05 Å². The normalized spacial score (nSPS) is 14.1. The molecule has 8 heteroatoms. The van der Waals surface area contributed by atoms with Crippen LogP contribution in [0.2, 0.25) is 0 Å². The third kappa shape index (κ3) is 3.44. The molecule has 1 heterocycles. The topological polar surface area (TPSA) is 42.7 Å². The molecule has 1 atom stereocenters. The fourth-order valence-corrected chi connectivity index (χ4v) is 2.04. The molecule has 0 bridgehead atoms. The highest BCUT2D eigenvalue weighted by Gasteiger charge is 2.30. The van der Waals surface area contributed by atoms with Crippen molar-refractivity contribution < 1.29 is 13.2 Å². The summed E-state index contributed by atoms with van der Waals surface area (Å²) in [5.41, 5.74) is 0.617. The molecule has 0 aliphatic heterocycles. The Balaban J connectivity index is 2.75. The molecule has 0 saturated carbocycles. The Morgan fingerprint density at radius 2 is 2.12 bits per heavy atom. The third-order valence-electron chi connectivity index (χ3n) is 2.22. The third-order valence-corrected chi connectivity index (χ3v) is 2.79. The molecule has 1 aromatic heterocycles. The number of alkyl halides is 3. The summed E-state index contributed by atoms with van der Waals surface area (Å²) in [7, 11) is 3.26. The van der Waals surface area contributed by atoms with Gasteiger partial charge in [-0.25, -0.2) is 4.68 Å². The lowest BCUT2D eigenvalue weighted by atomic mass is 10.1. The number of halogens is 4. The van der Waals surface area contributed by atoms with Crippen molar-refractivity contribution in [3.63, 3.8) is 0 Å². The molecule has 16 heavy (non-hydrogen) atoms. The number of aryl methyl sites for hydroxylation is 1. The summed E-state index contributed by atoms with van der Waals surface area (Å²) in [4.78, 5) is 0. The molecule has 1 rings (SSSR count). The SMILES string of the molecule is CNC(CCC(F)(F)F)c1c(Br)nnn1C. The van der Waals surface area contributed by atoms with E-state index in [-0.39, 0.29) is 6.42 Å². The summed E-state index contributed by atoms with van der Waals surface area (Å²) >= 11 is 3.16. The minimum Gasteiger partial charge on any atom is -0.312 e. The standard InChI is InChI=1S/C8H12BrF3N4/c1-13-5(3-4-8(10,11)12)6-7(9)14-15-16(6)2/h5,13H,3-4H2,1-2H3. The van der Waals surface area contributed by atoms with Crippen LogP contribution in [0.1, 0.15) is 24.6 Å². The first-order valence-electron chi connectivity index (χ1n) is 4.64. The average Bonchev–Trinajstić information content (AvgIpc) is 2.48. The summed E-state index contributed by atoms with van der Waals surface area (Å²) in [6, 6.07) is -0.420. The monoisotopic (exact) mass is 300 g/mol. The van der Waals surface area contributed by atoms with E-state index in [1.807, 2.05) is 0 Å². The molecule has 0 radical (unpaired) electrons. The number of hydrogen-bond acceptors (Lipinski definition) is 3. The van der Waals surface area contributed by atoms with E-state index in [9.17, 15) is 13.2 Å². The largest absolute Gasteiger partial charge is 0.389 e. The highest BCUT2D eigenvalue weighted by atomic mass is 79.9. The van der Waals surface area contributed by atoms with E-state index >= 15 is 0 Å². The van der Waals surface area contributed by atoms with Crippen LogP contribution < -0.4 is 5.32 Å². The summed E-state index contributed by atoms with van der Waals surface area (Å²) in [6.45, 7) is 0. The molecule has 1 aromatic rings. The second-order valence-corrected chi connectivity index (χ2v) is 4.14. The van der Waals surface area contributed by atoms with E-state index in [0.717, 1.165) is 0 Å². The molecular formula is C8H12BrF3N4. The van der Waals surface area contributed by atoms with E-state index in [2.05, 4.69) is 31.6 Å². The van der Waals surface area contributed by atoms with Gasteiger partial charge in [0.2, 0.25) is 0 Å². The summed E-state index contributed by atoms with van der Waals surface area (Å²) in [5.74, 6) is 0. The van der Waals surface area contributed by atoms with Crippen molar-refractivity contribution in [2.75, 3.05) is 7.05 Å². The highest BCUT2D eigenvalue weighted by Crippen LogP contribution is 2.29. The van der Waals surface area contributed by atoms with Gasteiger partial charge < -0.3 is 5.32 Å². The van der Waals surface area contributed by atoms with E-state index in [1.165, 1.54) is 4.68 Å². The average molecular weight is 301 g/mol. The summed E-state index contributed by atoms with van der Waals surface area (Å²) in [5, 5.41) is 10.3. The lowest BCUT2D eigenvalue weighted by Gasteiger charge is -2.17. The molecule has 1 N–H and O–H groups in total. The quantitative estimate of drug-likeness (QED) is 0.927. The van der Waals surface area contributed by atoms with Gasteiger partial charge in [-0.2, -0.15) is 13.2 Å². The Labute approximate surface area is 99.3 Å². The molecule has 0 fully saturated rings. The van der Waals surface area contributed by atoms with Crippen molar-refractivity contribution in [1.29, 1.82) is 0 Å². The maximum absolute atomic E-state index is 12.1. The maximum Gasteiger partial charge on any atom is 0.389 e. The van der Waals surface area contributed by atoms with Gasteiger partial charge >= 0.3 is 6.18 Å². The molecule has 4 nitrogen and oxygen atoms in total. The fraction of sp³-hybridized carbons (Fsp3) is 0.750. The van der Waals surface area contributed by atoms with E-state index < -0.39 is 18.6 Å². The maximum atomic E-state index is 12.1. The zero-order valence-electron chi connectivity index (χ0n) is 8.85. The first-order valence-corrected chi connectivity index (χ1v) is 5.43. The van der Waals surface area contributed by atoms with Crippen LogP contribution in [0, 0.1) is 0 Å². The van der Waals surface area contributed by atoms with Crippen molar-refractivity contribution in [3.8, 4) is 0 Å². The molecule has 1 unspecified atom stereocenters. The van der Waals surface area contributed by atoms with Crippen molar-refractivity contribution in [2.24, 2.45) is 7.05 Å². The summed E-state index contributed by atoms with van der Waals surface area (Å²) < 4.78 is 38.3.